The fraction of sp³-hybridized carbons (Fsp3) is 0.583. The molecule has 0 amide bonds. The van der Waals surface area contributed by atoms with Gasteiger partial charge in [-0.2, -0.15) is 4.31 Å². The van der Waals surface area contributed by atoms with Crippen LogP contribution < -0.4 is 4.90 Å². The zero-order chi connectivity index (χ0) is 22.2. The van der Waals surface area contributed by atoms with Crippen molar-refractivity contribution in [2.24, 2.45) is 0 Å². The lowest BCUT2D eigenvalue weighted by atomic mass is 9.96. The van der Waals surface area contributed by atoms with Crippen LogP contribution >= 0.6 is 0 Å². The summed E-state index contributed by atoms with van der Waals surface area (Å²) in [7, 11) is -3.15. The molecular weight excluding hydrogens is 408 g/mol. The topological polar surface area (TPSA) is 66.4 Å². The van der Waals surface area contributed by atoms with E-state index in [2.05, 4.69) is 43.9 Å². The van der Waals surface area contributed by atoms with Crippen molar-refractivity contribution in [3.05, 3.63) is 52.0 Å². The summed E-state index contributed by atoms with van der Waals surface area (Å²) in [4.78, 5) is 12.3. The molecule has 1 aliphatic carbocycles. The number of benzene rings is 1. The molecule has 2 heterocycles. The molecule has 0 radical (unpaired) electrons. The maximum Gasteiger partial charge on any atom is 0.213 e. The van der Waals surface area contributed by atoms with Crippen molar-refractivity contribution < 1.29 is 8.42 Å². The van der Waals surface area contributed by atoms with Gasteiger partial charge in [0.1, 0.15) is 11.6 Å². The van der Waals surface area contributed by atoms with E-state index >= 15 is 0 Å². The van der Waals surface area contributed by atoms with Gasteiger partial charge in [-0.15, -0.1) is 0 Å². The van der Waals surface area contributed by atoms with Gasteiger partial charge in [0.05, 0.1) is 5.75 Å². The lowest BCUT2D eigenvalue weighted by molar-refractivity contribution is 0.384. The van der Waals surface area contributed by atoms with Crippen LogP contribution in [0.4, 0.5) is 5.82 Å². The Hall–Kier alpha value is -1.99. The van der Waals surface area contributed by atoms with Gasteiger partial charge in [0, 0.05) is 49.8 Å². The molecule has 0 bridgehead atoms. The van der Waals surface area contributed by atoms with E-state index in [9.17, 15) is 8.42 Å². The highest BCUT2D eigenvalue weighted by Crippen LogP contribution is 2.40. The van der Waals surface area contributed by atoms with E-state index in [0.29, 0.717) is 32.1 Å². The fourth-order valence-electron chi connectivity index (χ4n) is 4.34. The van der Waals surface area contributed by atoms with E-state index in [4.69, 9.17) is 9.97 Å². The summed E-state index contributed by atoms with van der Waals surface area (Å²) in [6, 6.07) is 6.60. The number of aromatic nitrogens is 2. The van der Waals surface area contributed by atoms with E-state index in [-0.39, 0.29) is 5.75 Å². The molecule has 1 saturated heterocycles. The third-order valence-corrected chi connectivity index (χ3v) is 8.42. The van der Waals surface area contributed by atoms with Crippen LogP contribution in [-0.2, 0) is 22.9 Å². The minimum atomic E-state index is -3.15. The zero-order valence-corrected chi connectivity index (χ0v) is 20.0. The zero-order valence-electron chi connectivity index (χ0n) is 19.2. The van der Waals surface area contributed by atoms with E-state index in [1.54, 1.807) is 11.2 Å². The Morgan fingerprint density at radius 1 is 1.03 bits per heavy atom. The van der Waals surface area contributed by atoms with E-state index in [0.717, 1.165) is 30.2 Å². The van der Waals surface area contributed by atoms with Gasteiger partial charge in [0.2, 0.25) is 10.0 Å². The summed E-state index contributed by atoms with van der Waals surface area (Å²) >= 11 is 0. The molecule has 2 fully saturated rings. The number of aryl methyl sites for hydroxylation is 3. The first kappa shape index (κ1) is 22.2. The van der Waals surface area contributed by atoms with Crippen LogP contribution in [0.25, 0.3) is 0 Å². The van der Waals surface area contributed by atoms with Gasteiger partial charge in [0.25, 0.3) is 0 Å². The Morgan fingerprint density at radius 3 is 2.35 bits per heavy atom. The first-order valence-electron chi connectivity index (χ1n) is 11.5. The maximum absolute atomic E-state index is 12.3. The standard InChI is InChI=1S/C24H34N4O2S/c1-5-22-21(16-20-15-17(3)7-8-18(20)4)24(26-23(25-22)19-9-10-19)27-11-13-28(14-12-27)31(29,30)6-2/h7-8,15,19H,5-6,9-14,16H2,1-4H3. The molecule has 0 unspecified atom stereocenters. The van der Waals surface area contributed by atoms with Gasteiger partial charge in [-0.1, -0.05) is 30.7 Å². The average molecular weight is 443 g/mol. The second-order valence-corrected chi connectivity index (χ2v) is 11.1. The predicted molar refractivity (Wildman–Crippen MR) is 125 cm³/mol. The van der Waals surface area contributed by atoms with Gasteiger partial charge in [-0.05, 0) is 51.2 Å². The van der Waals surface area contributed by atoms with Crippen molar-refractivity contribution in [3.63, 3.8) is 0 Å². The van der Waals surface area contributed by atoms with Gasteiger partial charge in [-0.3, -0.25) is 0 Å². The molecular formula is C24H34N4O2S. The van der Waals surface area contributed by atoms with Crippen molar-refractivity contribution in [1.29, 1.82) is 0 Å². The van der Waals surface area contributed by atoms with Crippen molar-refractivity contribution in [3.8, 4) is 0 Å². The molecule has 31 heavy (non-hydrogen) atoms. The molecule has 168 valence electrons. The van der Waals surface area contributed by atoms with Gasteiger partial charge in [0.15, 0.2) is 0 Å². The summed E-state index contributed by atoms with van der Waals surface area (Å²) in [5.74, 6) is 2.63. The number of sulfonamides is 1. The van der Waals surface area contributed by atoms with Crippen LogP contribution in [-0.4, -0.2) is 54.6 Å². The van der Waals surface area contributed by atoms with Crippen LogP contribution in [0.3, 0.4) is 0 Å². The summed E-state index contributed by atoms with van der Waals surface area (Å²) in [5.41, 5.74) is 6.19. The number of hydrogen-bond donors (Lipinski definition) is 0. The molecule has 2 aromatic rings. The summed E-state index contributed by atoms with van der Waals surface area (Å²) in [6.07, 6.45) is 4.02. The quantitative estimate of drug-likeness (QED) is 0.656. The summed E-state index contributed by atoms with van der Waals surface area (Å²) < 4.78 is 26.2. The Bertz CT molecular complexity index is 1060. The fourth-order valence-corrected chi connectivity index (χ4v) is 5.42. The van der Waals surface area contributed by atoms with E-state index in [1.165, 1.54) is 35.1 Å². The molecule has 1 aromatic heterocycles. The Balaban J connectivity index is 1.70. The predicted octanol–water partition coefficient (Wildman–Crippen LogP) is 3.60. The summed E-state index contributed by atoms with van der Waals surface area (Å²) in [6.45, 7) is 10.5. The van der Waals surface area contributed by atoms with E-state index in [1.807, 2.05) is 0 Å². The number of piperazine rings is 1. The molecule has 1 aliphatic heterocycles. The van der Waals surface area contributed by atoms with E-state index < -0.39 is 10.0 Å². The van der Waals surface area contributed by atoms with Crippen molar-refractivity contribution in [2.45, 2.75) is 59.3 Å². The Labute approximate surface area is 186 Å². The lowest BCUT2D eigenvalue weighted by Crippen LogP contribution is -2.49. The highest BCUT2D eigenvalue weighted by atomic mass is 32.2. The van der Waals surface area contributed by atoms with Gasteiger partial charge >= 0.3 is 0 Å². The Kier molecular flexibility index (Phi) is 6.35. The molecule has 0 N–H and O–H groups in total. The summed E-state index contributed by atoms with van der Waals surface area (Å²) in [5, 5.41) is 0. The van der Waals surface area contributed by atoms with Crippen molar-refractivity contribution in [1.82, 2.24) is 14.3 Å². The molecule has 1 saturated carbocycles. The second kappa shape index (κ2) is 8.87. The first-order valence-corrected chi connectivity index (χ1v) is 13.1. The van der Waals surface area contributed by atoms with Gasteiger partial charge in [-0.25, -0.2) is 18.4 Å². The van der Waals surface area contributed by atoms with Gasteiger partial charge < -0.3 is 4.90 Å². The second-order valence-electron chi connectivity index (χ2n) is 8.85. The number of rotatable bonds is 7. The van der Waals surface area contributed by atoms with Crippen LogP contribution in [0, 0.1) is 13.8 Å². The van der Waals surface area contributed by atoms with Crippen LogP contribution in [0.15, 0.2) is 18.2 Å². The molecule has 2 aliphatic rings. The van der Waals surface area contributed by atoms with Crippen LogP contribution in [0.1, 0.15) is 66.4 Å². The largest absolute Gasteiger partial charge is 0.354 e. The monoisotopic (exact) mass is 442 g/mol. The first-order chi connectivity index (χ1) is 14.8. The minimum absolute atomic E-state index is 0.157. The third kappa shape index (κ3) is 4.77. The van der Waals surface area contributed by atoms with Crippen molar-refractivity contribution >= 4 is 15.8 Å². The van der Waals surface area contributed by atoms with Crippen LogP contribution in [0.2, 0.25) is 0 Å². The smallest absolute Gasteiger partial charge is 0.213 e. The maximum atomic E-state index is 12.3. The van der Waals surface area contributed by atoms with Crippen molar-refractivity contribution in [2.75, 3.05) is 36.8 Å². The average Bonchev–Trinajstić information content (AvgIpc) is 3.62. The molecule has 4 rings (SSSR count). The SMILES string of the molecule is CCc1nc(C2CC2)nc(N2CCN(S(=O)(=O)CC)CC2)c1Cc1cc(C)ccc1C. The molecule has 7 heteroatoms. The number of nitrogens with zero attached hydrogens (tertiary/aromatic N) is 4. The highest BCUT2D eigenvalue weighted by Gasteiger charge is 2.32. The number of anilines is 1. The Morgan fingerprint density at radius 2 is 1.74 bits per heavy atom. The highest BCUT2D eigenvalue weighted by molar-refractivity contribution is 7.89. The molecule has 0 spiro atoms. The lowest BCUT2D eigenvalue weighted by Gasteiger charge is -2.36. The van der Waals surface area contributed by atoms with Crippen LogP contribution in [0.5, 0.6) is 0 Å². The normalized spacial score (nSPS) is 17.9. The molecule has 0 atom stereocenters. The molecule has 6 nitrogen and oxygen atoms in total. The number of hydrogen-bond acceptors (Lipinski definition) is 5. The molecule has 1 aromatic carbocycles. The third-order valence-electron chi connectivity index (χ3n) is 6.53. The minimum Gasteiger partial charge on any atom is -0.354 e.